The molecule has 5 nitrogen and oxygen atoms in total. The van der Waals surface area contributed by atoms with Gasteiger partial charge in [0.05, 0.1) is 0 Å². The third-order valence-corrected chi connectivity index (χ3v) is 5.07. The SMILES string of the molecule is Cc1noc(C)c1S(=O)(=O)N(C)Cc1ccc(F)c(F)c1. The highest BCUT2D eigenvalue weighted by molar-refractivity contribution is 7.89. The van der Waals surface area contributed by atoms with Crippen molar-refractivity contribution < 1.29 is 21.7 Å². The predicted octanol–water partition coefficient (Wildman–Crippen LogP) is 2.39. The van der Waals surface area contributed by atoms with Crippen molar-refractivity contribution in [2.24, 2.45) is 0 Å². The first-order valence-electron chi connectivity index (χ1n) is 6.06. The second-order valence-corrected chi connectivity index (χ2v) is 6.64. The number of aromatic nitrogens is 1. The van der Waals surface area contributed by atoms with Crippen LogP contribution in [0, 0.1) is 25.5 Å². The van der Waals surface area contributed by atoms with E-state index in [1.807, 2.05) is 0 Å². The van der Waals surface area contributed by atoms with Gasteiger partial charge in [-0.1, -0.05) is 11.2 Å². The molecule has 114 valence electrons. The van der Waals surface area contributed by atoms with Gasteiger partial charge in [-0.15, -0.1) is 0 Å². The largest absolute Gasteiger partial charge is 0.360 e. The minimum absolute atomic E-state index is 0.00687. The summed E-state index contributed by atoms with van der Waals surface area (Å²) >= 11 is 0. The summed E-state index contributed by atoms with van der Waals surface area (Å²) in [6.07, 6.45) is 0. The van der Waals surface area contributed by atoms with Crippen molar-refractivity contribution >= 4 is 10.0 Å². The molecule has 2 rings (SSSR count). The normalized spacial score (nSPS) is 12.1. The van der Waals surface area contributed by atoms with Crippen molar-refractivity contribution in [1.29, 1.82) is 0 Å². The fraction of sp³-hybridized carbons (Fsp3) is 0.308. The molecule has 0 unspecified atom stereocenters. The van der Waals surface area contributed by atoms with Crippen LogP contribution in [0.15, 0.2) is 27.6 Å². The Balaban J connectivity index is 2.31. The lowest BCUT2D eigenvalue weighted by atomic mass is 10.2. The van der Waals surface area contributed by atoms with Gasteiger partial charge in [0.1, 0.15) is 10.6 Å². The van der Waals surface area contributed by atoms with E-state index in [1.165, 1.54) is 27.0 Å². The zero-order valence-electron chi connectivity index (χ0n) is 11.7. The molecule has 2 aromatic rings. The molecule has 0 aliphatic carbocycles. The molecule has 0 spiro atoms. The van der Waals surface area contributed by atoms with Crippen molar-refractivity contribution in [3.63, 3.8) is 0 Å². The van der Waals surface area contributed by atoms with E-state index in [0.717, 1.165) is 16.4 Å². The van der Waals surface area contributed by atoms with E-state index in [0.29, 0.717) is 5.56 Å². The van der Waals surface area contributed by atoms with E-state index in [4.69, 9.17) is 4.52 Å². The topological polar surface area (TPSA) is 63.4 Å². The van der Waals surface area contributed by atoms with Crippen LogP contribution in [-0.2, 0) is 16.6 Å². The van der Waals surface area contributed by atoms with Crippen LogP contribution in [0.3, 0.4) is 0 Å². The van der Waals surface area contributed by atoms with E-state index >= 15 is 0 Å². The Hall–Kier alpha value is -1.80. The molecular weight excluding hydrogens is 302 g/mol. The lowest BCUT2D eigenvalue weighted by Crippen LogP contribution is -2.27. The van der Waals surface area contributed by atoms with Crippen LogP contribution in [0.2, 0.25) is 0 Å². The zero-order chi connectivity index (χ0) is 15.8. The fourth-order valence-corrected chi connectivity index (χ4v) is 3.42. The lowest BCUT2D eigenvalue weighted by Gasteiger charge is -2.17. The minimum Gasteiger partial charge on any atom is -0.360 e. The van der Waals surface area contributed by atoms with Gasteiger partial charge in [-0.2, -0.15) is 4.31 Å². The van der Waals surface area contributed by atoms with Crippen molar-refractivity contribution in [2.45, 2.75) is 25.3 Å². The summed E-state index contributed by atoms with van der Waals surface area (Å²) in [6, 6.07) is 3.26. The van der Waals surface area contributed by atoms with Gasteiger partial charge in [0.15, 0.2) is 17.4 Å². The Morgan fingerprint density at radius 1 is 1.24 bits per heavy atom. The fourth-order valence-electron chi connectivity index (χ4n) is 1.98. The van der Waals surface area contributed by atoms with Crippen LogP contribution in [-0.4, -0.2) is 24.9 Å². The molecule has 8 heteroatoms. The Morgan fingerprint density at radius 3 is 2.43 bits per heavy atom. The van der Waals surface area contributed by atoms with Gasteiger partial charge >= 0.3 is 0 Å². The Kier molecular flexibility index (Phi) is 4.11. The molecule has 1 heterocycles. The number of benzene rings is 1. The van der Waals surface area contributed by atoms with Crippen molar-refractivity contribution in [1.82, 2.24) is 9.46 Å². The van der Waals surface area contributed by atoms with Gasteiger partial charge in [-0.05, 0) is 31.5 Å². The van der Waals surface area contributed by atoms with Crippen molar-refractivity contribution in [3.05, 3.63) is 46.9 Å². The predicted molar refractivity (Wildman–Crippen MR) is 71.0 cm³/mol. The van der Waals surface area contributed by atoms with Gasteiger partial charge in [-0.3, -0.25) is 0 Å². The monoisotopic (exact) mass is 316 g/mol. The molecule has 0 amide bonds. The number of aryl methyl sites for hydroxylation is 2. The minimum atomic E-state index is -3.82. The summed E-state index contributed by atoms with van der Waals surface area (Å²) in [5.74, 6) is -1.81. The highest BCUT2D eigenvalue weighted by Gasteiger charge is 2.28. The average molecular weight is 316 g/mol. The molecule has 0 aliphatic rings. The Labute approximate surface area is 121 Å². The summed E-state index contributed by atoms with van der Waals surface area (Å²) in [6.45, 7) is 2.93. The molecule has 1 aromatic heterocycles. The van der Waals surface area contributed by atoms with Crippen LogP contribution in [0.1, 0.15) is 17.0 Å². The molecule has 21 heavy (non-hydrogen) atoms. The molecule has 0 saturated carbocycles. The third-order valence-electron chi connectivity index (χ3n) is 3.03. The summed E-state index contributed by atoms with van der Waals surface area (Å²) in [5, 5.41) is 3.61. The molecule has 0 fully saturated rings. The maximum absolute atomic E-state index is 13.2. The maximum Gasteiger partial charge on any atom is 0.248 e. The third kappa shape index (κ3) is 2.96. The summed E-state index contributed by atoms with van der Waals surface area (Å²) in [7, 11) is -2.47. The average Bonchev–Trinajstić information content (AvgIpc) is 2.74. The summed E-state index contributed by atoms with van der Waals surface area (Å²) in [5.41, 5.74) is 0.594. The second-order valence-electron chi connectivity index (χ2n) is 4.66. The first-order chi connectivity index (χ1) is 9.73. The highest BCUT2D eigenvalue weighted by Crippen LogP contribution is 2.23. The maximum atomic E-state index is 13.2. The molecule has 0 N–H and O–H groups in total. The Bertz CT molecular complexity index is 752. The summed E-state index contributed by atoms with van der Waals surface area (Å²) < 4.78 is 56.8. The van der Waals surface area contributed by atoms with Crippen LogP contribution < -0.4 is 0 Å². The molecule has 0 bridgehead atoms. The van der Waals surface area contributed by atoms with E-state index in [1.54, 1.807) is 0 Å². The van der Waals surface area contributed by atoms with E-state index < -0.39 is 21.7 Å². The van der Waals surface area contributed by atoms with E-state index in [-0.39, 0.29) is 22.9 Å². The first kappa shape index (κ1) is 15.6. The van der Waals surface area contributed by atoms with Crippen LogP contribution >= 0.6 is 0 Å². The van der Waals surface area contributed by atoms with Crippen LogP contribution in [0.5, 0.6) is 0 Å². The zero-order valence-corrected chi connectivity index (χ0v) is 12.5. The number of hydrogen-bond donors (Lipinski definition) is 0. The van der Waals surface area contributed by atoms with Gasteiger partial charge in [-0.25, -0.2) is 17.2 Å². The van der Waals surface area contributed by atoms with Crippen LogP contribution in [0.4, 0.5) is 8.78 Å². The molecule has 0 aliphatic heterocycles. The number of rotatable bonds is 4. The van der Waals surface area contributed by atoms with E-state index in [9.17, 15) is 17.2 Å². The van der Waals surface area contributed by atoms with Gasteiger partial charge in [0.2, 0.25) is 10.0 Å². The van der Waals surface area contributed by atoms with Gasteiger partial charge < -0.3 is 4.52 Å². The van der Waals surface area contributed by atoms with Gasteiger partial charge in [0.25, 0.3) is 0 Å². The molecule has 0 radical (unpaired) electrons. The molecule has 1 aromatic carbocycles. The van der Waals surface area contributed by atoms with E-state index in [2.05, 4.69) is 5.16 Å². The van der Waals surface area contributed by atoms with Crippen molar-refractivity contribution in [2.75, 3.05) is 7.05 Å². The quantitative estimate of drug-likeness (QED) is 0.869. The van der Waals surface area contributed by atoms with Gasteiger partial charge in [0, 0.05) is 13.6 Å². The number of halogens is 2. The van der Waals surface area contributed by atoms with Crippen molar-refractivity contribution in [3.8, 4) is 0 Å². The summed E-state index contributed by atoms with van der Waals surface area (Å²) in [4.78, 5) is -0.00687. The highest BCUT2D eigenvalue weighted by atomic mass is 32.2. The molecule has 0 atom stereocenters. The first-order valence-corrected chi connectivity index (χ1v) is 7.50. The smallest absolute Gasteiger partial charge is 0.248 e. The number of sulfonamides is 1. The van der Waals surface area contributed by atoms with Crippen LogP contribution in [0.25, 0.3) is 0 Å². The standard InChI is InChI=1S/C13H14F2N2O3S/c1-8-13(9(2)20-16-8)21(18,19)17(3)7-10-4-5-11(14)12(15)6-10/h4-6H,7H2,1-3H3. The molecular formula is C13H14F2N2O3S. The number of nitrogens with zero attached hydrogens (tertiary/aromatic N) is 2. The molecule has 0 saturated heterocycles. The lowest BCUT2D eigenvalue weighted by molar-refractivity contribution is 0.389. The Morgan fingerprint density at radius 2 is 1.90 bits per heavy atom. The number of hydrogen-bond acceptors (Lipinski definition) is 4. The second kappa shape index (κ2) is 5.53.